The van der Waals surface area contributed by atoms with Crippen molar-refractivity contribution in [3.63, 3.8) is 0 Å². The highest BCUT2D eigenvalue weighted by Crippen LogP contribution is 2.42. The molecule has 0 N–H and O–H groups in total. The third-order valence-corrected chi connectivity index (χ3v) is 6.39. The zero-order chi connectivity index (χ0) is 21.6. The third-order valence-electron chi connectivity index (χ3n) is 5.80. The lowest BCUT2D eigenvalue weighted by molar-refractivity contribution is 0.0649. The van der Waals surface area contributed by atoms with Gasteiger partial charge in [-0.15, -0.1) is 0 Å². The summed E-state index contributed by atoms with van der Waals surface area (Å²) in [6.07, 6.45) is 9.74. The van der Waals surface area contributed by atoms with Gasteiger partial charge in [-0.2, -0.15) is 0 Å². The number of aromatic nitrogens is 2. The molecule has 0 amide bonds. The first kappa shape index (κ1) is 22.1. The summed E-state index contributed by atoms with van der Waals surface area (Å²) in [4.78, 5) is 11.4. The molecule has 3 aromatic rings. The van der Waals surface area contributed by atoms with Crippen molar-refractivity contribution < 1.29 is 4.74 Å². The van der Waals surface area contributed by atoms with Gasteiger partial charge >= 0.3 is 0 Å². The molecule has 4 nitrogen and oxygen atoms in total. The van der Waals surface area contributed by atoms with E-state index in [9.17, 15) is 0 Å². The smallest absolute Gasteiger partial charge is 0.157 e. The van der Waals surface area contributed by atoms with E-state index in [-0.39, 0.29) is 18.1 Å². The number of halogens is 1. The minimum atomic E-state index is 0.112. The highest BCUT2D eigenvalue weighted by Gasteiger charge is 2.34. The van der Waals surface area contributed by atoms with Crippen LogP contribution in [0.25, 0.3) is 0 Å². The van der Waals surface area contributed by atoms with Crippen molar-refractivity contribution in [1.29, 1.82) is 0 Å². The molecule has 0 radical (unpaired) electrons. The summed E-state index contributed by atoms with van der Waals surface area (Å²) in [7, 11) is 0. The molecular formula is C25H26BrN3OS. The standard InChI is InChI=1S/C25H26BrN3OS/c1-18(31)30-23-9-13-29(14-10-23)25(19-5-2-8-22(26)15-19)24(20-6-3-11-27-16-20)21-7-4-12-28-17-21/h2-8,11-12,15-17,23-25H,9-10,13-14H2,1H3/t25-/m1/s1. The van der Waals surface area contributed by atoms with Crippen LogP contribution >= 0.6 is 28.1 Å². The van der Waals surface area contributed by atoms with Gasteiger partial charge in [0.2, 0.25) is 0 Å². The average molecular weight is 496 g/mol. The molecule has 6 heteroatoms. The predicted molar refractivity (Wildman–Crippen MR) is 131 cm³/mol. The number of rotatable bonds is 6. The molecule has 0 saturated carbocycles. The van der Waals surface area contributed by atoms with Gasteiger partial charge in [-0.1, -0.05) is 40.2 Å². The van der Waals surface area contributed by atoms with E-state index in [2.05, 4.69) is 67.2 Å². The van der Waals surface area contributed by atoms with Crippen LogP contribution in [0.1, 0.15) is 48.4 Å². The van der Waals surface area contributed by atoms with Crippen molar-refractivity contribution in [2.45, 2.75) is 37.8 Å². The van der Waals surface area contributed by atoms with E-state index < -0.39 is 0 Å². The van der Waals surface area contributed by atoms with Gasteiger partial charge in [0.05, 0.1) is 0 Å². The maximum absolute atomic E-state index is 5.85. The molecule has 1 aliphatic heterocycles. The Morgan fingerprint density at radius 3 is 2.13 bits per heavy atom. The first-order valence-corrected chi connectivity index (χ1v) is 11.8. The van der Waals surface area contributed by atoms with Crippen LogP contribution < -0.4 is 0 Å². The number of nitrogens with zero attached hydrogens (tertiary/aromatic N) is 3. The van der Waals surface area contributed by atoms with Gasteiger partial charge in [0.15, 0.2) is 5.05 Å². The Kier molecular flexibility index (Phi) is 7.43. The number of hydrogen-bond donors (Lipinski definition) is 0. The molecule has 2 aromatic heterocycles. The molecule has 0 aliphatic carbocycles. The largest absolute Gasteiger partial charge is 0.484 e. The van der Waals surface area contributed by atoms with Gasteiger partial charge in [0, 0.05) is 61.2 Å². The third kappa shape index (κ3) is 5.56. The number of pyridine rings is 2. The maximum Gasteiger partial charge on any atom is 0.157 e. The normalized spacial score (nSPS) is 16.2. The molecule has 0 unspecified atom stereocenters. The Bertz CT molecular complexity index is 954. The van der Waals surface area contributed by atoms with Crippen molar-refractivity contribution >= 4 is 33.2 Å². The predicted octanol–water partition coefficient (Wildman–Crippen LogP) is 5.94. The molecule has 1 atom stereocenters. The van der Waals surface area contributed by atoms with Crippen LogP contribution in [0.15, 0.2) is 77.8 Å². The van der Waals surface area contributed by atoms with Gasteiger partial charge in [0.1, 0.15) is 6.10 Å². The fraction of sp³-hybridized carbons (Fsp3) is 0.320. The first-order valence-electron chi connectivity index (χ1n) is 10.6. The lowest BCUT2D eigenvalue weighted by atomic mass is 9.81. The van der Waals surface area contributed by atoms with E-state index in [0.717, 1.165) is 30.4 Å². The minimum Gasteiger partial charge on any atom is -0.484 e. The van der Waals surface area contributed by atoms with Crippen molar-refractivity contribution in [3.8, 4) is 0 Å². The molecule has 160 valence electrons. The second-order valence-electron chi connectivity index (χ2n) is 7.89. The molecule has 1 fully saturated rings. The average Bonchev–Trinajstić information content (AvgIpc) is 2.79. The molecule has 1 aromatic carbocycles. The fourth-order valence-electron chi connectivity index (χ4n) is 4.49. The van der Waals surface area contributed by atoms with E-state index in [1.54, 1.807) is 0 Å². The van der Waals surface area contributed by atoms with Crippen LogP contribution in [0, 0.1) is 0 Å². The second kappa shape index (κ2) is 10.4. The minimum absolute atomic E-state index is 0.112. The fourth-order valence-corrected chi connectivity index (χ4v) is 5.04. The SMILES string of the molecule is CC(=S)OC1CCN([C@H](c2cccc(Br)c2)C(c2cccnc2)c2cccnc2)CC1. The number of thiocarbonyl (C=S) groups is 1. The highest BCUT2D eigenvalue weighted by atomic mass is 79.9. The van der Waals surface area contributed by atoms with Crippen LogP contribution in [-0.2, 0) is 4.74 Å². The topological polar surface area (TPSA) is 38.2 Å². The van der Waals surface area contributed by atoms with Gasteiger partial charge in [-0.25, -0.2) is 0 Å². The van der Waals surface area contributed by atoms with E-state index in [0.29, 0.717) is 5.05 Å². The molecule has 1 saturated heterocycles. The lowest BCUT2D eigenvalue weighted by Gasteiger charge is -2.41. The number of ether oxygens (including phenoxy) is 1. The van der Waals surface area contributed by atoms with E-state index in [1.807, 2.05) is 43.8 Å². The molecule has 0 bridgehead atoms. The second-order valence-corrected chi connectivity index (χ2v) is 9.39. The molecule has 4 rings (SSSR count). The first-order chi connectivity index (χ1) is 15.1. The summed E-state index contributed by atoms with van der Waals surface area (Å²) in [5.74, 6) is 0.112. The van der Waals surface area contributed by atoms with E-state index in [4.69, 9.17) is 17.0 Å². The van der Waals surface area contributed by atoms with Crippen LogP contribution in [-0.4, -0.2) is 39.1 Å². The van der Waals surface area contributed by atoms with Crippen LogP contribution in [0.3, 0.4) is 0 Å². The summed E-state index contributed by atoms with van der Waals surface area (Å²) >= 11 is 8.84. The zero-order valence-corrected chi connectivity index (χ0v) is 19.9. The van der Waals surface area contributed by atoms with E-state index >= 15 is 0 Å². The Balaban J connectivity index is 1.74. The molecular weight excluding hydrogens is 470 g/mol. The van der Waals surface area contributed by atoms with Crippen molar-refractivity contribution in [2.24, 2.45) is 0 Å². The number of likely N-dealkylation sites (tertiary alicyclic amines) is 1. The lowest BCUT2D eigenvalue weighted by Crippen LogP contribution is -2.42. The van der Waals surface area contributed by atoms with Crippen LogP contribution in [0.2, 0.25) is 0 Å². The Morgan fingerprint density at radius 2 is 1.61 bits per heavy atom. The Labute approximate surface area is 197 Å². The number of piperidine rings is 1. The Hall–Kier alpha value is -2.15. The summed E-state index contributed by atoms with van der Waals surface area (Å²) in [6, 6.07) is 17.2. The van der Waals surface area contributed by atoms with Crippen LogP contribution in [0.5, 0.6) is 0 Å². The van der Waals surface area contributed by atoms with Crippen LogP contribution in [0.4, 0.5) is 0 Å². The molecule has 0 spiro atoms. The zero-order valence-electron chi connectivity index (χ0n) is 17.5. The molecule has 31 heavy (non-hydrogen) atoms. The van der Waals surface area contributed by atoms with Gasteiger partial charge in [-0.05, 0) is 66.0 Å². The molecule has 3 heterocycles. The number of hydrogen-bond acceptors (Lipinski definition) is 5. The summed E-state index contributed by atoms with van der Waals surface area (Å²) in [6.45, 7) is 3.75. The van der Waals surface area contributed by atoms with Crippen molar-refractivity contribution in [3.05, 3.63) is 94.5 Å². The molecule has 1 aliphatic rings. The summed E-state index contributed by atoms with van der Waals surface area (Å²) in [5.41, 5.74) is 3.65. The van der Waals surface area contributed by atoms with Gasteiger partial charge in [-0.3, -0.25) is 14.9 Å². The van der Waals surface area contributed by atoms with Crippen molar-refractivity contribution in [2.75, 3.05) is 13.1 Å². The van der Waals surface area contributed by atoms with E-state index in [1.165, 1.54) is 16.7 Å². The number of benzene rings is 1. The quantitative estimate of drug-likeness (QED) is 0.395. The van der Waals surface area contributed by atoms with Gasteiger partial charge in [0.25, 0.3) is 0 Å². The van der Waals surface area contributed by atoms with Gasteiger partial charge < -0.3 is 4.74 Å². The monoisotopic (exact) mass is 495 g/mol. The maximum atomic E-state index is 5.85. The summed E-state index contributed by atoms with van der Waals surface area (Å²) < 4.78 is 6.94. The Morgan fingerprint density at radius 1 is 1.00 bits per heavy atom. The highest BCUT2D eigenvalue weighted by molar-refractivity contribution is 9.10. The summed E-state index contributed by atoms with van der Waals surface area (Å²) in [5, 5.41) is 0.630. The van der Waals surface area contributed by atoms with Crippen molar-refractivity contribution in [1.82, 2.24) is 14.9 Å².